The van der Waals surface area contributed by atoms with Gasteiger partial charge in [0.25, 0.3) is 5.91 Å². The predicted octanol–water partition coefficient (Wildman–Crippen LogP) is 4.63. The van der Waals surface area contributed by atoms with Gasteiger partial charge in [0.05, 0.1) is 8.95 Å². The van der Waals surface area contributed by atoms with Crippen LogP contribution in [0, 0.1) is 0 Å². The lowest BCUT2D eigenvalue weighted by Crippen LogP contribution is -2.27. The van der Waals surface area contributed by atoms with Gasteiger partial charge in [0.1, 0.15) is 18.1 Å². The summed E-state index contributed by atoms with van der Waals surface area (Å²) in [6.45, 7) is 3.93. The molecule has 134 valence electrons. The number of carbonyl (C=O) groups excluding carboxylic acids is 1. The van der Waals surface area contributed by atoms with E-state index >= 15 is 0 Å². The van der Waals surface area contributed by atoms with Gasteiger partial charge in [-0.3, -0.25) is 4.79 Å². The molecule has 0 aliphatic carbocycles. The fourth-order valence-electron chi connectivity index (χ4n) is 2.04. The van der Waals surface area contributed by atoms with E-state index in [1.165, 1.54) is 6.08 Å². The molecule has 0 fully saturated rings. The normalized spacial score (nSPS) is 10.9. The zero-order chi connectivity index (χ0) is 19.1. The van der Waals surface area contributed by atoms with Crippen LogP contribution in [0.2, 0.25) is 0 Å². The van der Waals surface area contributed by atoms with Crippen molar-refractivity contribution >= 4 is 49.8 Å². The summed E-state index contributed by atoms with van der Waals surface area (Å²) in [6.07, 6.45) is 2.99. The Bertz CT molecular complexity index is 840. The van der Waals surface area contributed by atoms with Gasteiger partial charge in [-0.2, -0.15) is 0 Å². The highest BCUT2D eigenvalue weighted by atomic mass is 79.9. The summed E-state index contributed by atoms with van der Waals surface area (Å²) >= 11 is 6.78. The van der Waals surface area contributed by atoms with Crippen LogP contribution in [0.4, 0.5) is 0 Å². The molecule has 0 bridgehead atoms. The predicted molar refractivity (Wildman–Crippen MR) is 107 cm³/mol. The number of aliphatic carboxylic acids is 1. The van der Waals surface area contributed by atoms with Crippen molar-refractivity contribution in [2.24, 2.45) is 0 Å². The van der Waals surface area contributed by atoms with Crippen molar-refractivity contribution in [2.75, 3.05) is 6.61 Å². The molecule has 2 rings (SSSR count). The highest BCUT2D eigenvalue weighted by Gasteiger charge is 2.14. The zero-order valence-electron chi connectivity index (χ0n) is 13.5. The summed E-state index contributed by atoms with van der Waals surface area (Å²) in [6, 6.07) is 11.8. The largest absolute Gasteiger partial charge is 0.487 e. The van der Waals surface area contributed by atoms with Crippen LogP contribution in [-0.4, -0.2) is 23.6 Å². The summed E-state index contributed by atoms with van der Waals surface area (Å²) in [5.74, 6) is -1.16. The lowest BCUT2D eigenvalue weighted by atomic mass is 10.1. The van der Waals surface area contributed by atoms with E-state index < -0.39 is 11.9 Å². The molecule has 5 nitrogen and oxygen atoms in total. The van der Waals surface area contributed by atoms with Crippen molar-refractivity contribution in [2.45, 2.75) is 0 Å². The van der Waals surface area contributed by atoms with Crippen LogP contribution in [0.15, 0.2) is 69.8 Å². The number of hydrogen-bond acceptors (Lipinski definition) is 3. The maximum absolute atomic E-state index is 12.2. The Morgan fingerprint density at radius 1 is 1.15 bits per heavy atom. The Labute approximate surface area is 167 Å². The number of carboxylic acids is 1. The van der Waals surface area contributed by atoms with Crippen LogP contribution in [0.1, 0.15) is 15.9 Å². The third kappa shape index (κ3) is 5.31. The van der Waals surface area contributed by atoms with Crippen LogP contribution >= 0.6 is 31.9 Å². The van der Waals surface area contributed by atoms with Gasteiger partial charge in [-0.05, 0) is 67.8 Å². The Hall–Kier alpha value is -2.38. The Balaban J connectivity index is 2.30. The van der Waals surface area contributed by atoms with Gasteiger partial charge in [-0.15, -0.1) is 0 Å². The maximum Gasteiger partial charge on any atom is 0.352 e. The average molecular weight is 481 g/mol. The second kappa shape index (κ2) is 9.35. The van der Waals surface area contributed by atoms with E-state index in [0.717, 1.165) is 0 Å². The first-order valence-electron chi connectivity index (χ1n) is 7.46. The van der Waals surface area contributed by atoms with Crippen LogP contribution in [0.5, 0.6) is 5.75 Å². The summed E-state index contributed by atoms with van der Waals surface area (Å²) in [5.41, 5.74) is 0.702. The first-order chi connectivity index (χ1) is 12.4. The third-order valence-electron chi connectivity index (χ3n) is 3.19. The molecular formula is C19H15Br2NO4. The number of benzene rings is 2. The van der Waals surface area contributed by atoms with E-state index in [1.807, 2.05) is 0 Å². The molecule has 7 heteroatoms. The number of ether oxygens (including phenoxy) is 1. The molecule has 26 heavy (non-hydrogen) atoms. The van der Waals surface area contributed by atoms with Crippen LogP contribution < -0.4 is 10.1 Å². The van der Waals surface area contributed by atoms with Crippen LogP contribution in [-0.2, 0) is 4.79 Å². The molecular weight excluding hydrogens is 466 g/mol. The topological polar surface area (TPSA) is 75.6 Å². The molecule has 0 saturated carbocycles. The van der Waals surface area contributed by atoms with Gasteiger partial charge in [0, 0.05) is 5.56 Å². The van der Waals surface area contributed by atoms with E-state index in [1.54, 1.807) is 48.5 Å². The Kier molecular flexibility index (Phi) is 7.17. The van der Waals surface area contributed by atoms with E-state index in [-0.39, 0.29) is 5.70 Å². The van der Waals surface area contributed by atoms with Crippen molar-refractivity contribution < 1.29 is 19.4 Å². The quantitative estimate of drug-likeness (QED) is 0.447. The van der Waals surface area contributed by atoms with Crippen molar-refractivity contribution in [1.29, 1.82) is 0 Å². The van der Waals surface area contributed by atoms with Crippen molar-refractivity contribution in [3.63, 3.8) is 0 Å². The highest BCUT2D eigenvalue weighted by Crippen LogP contribution is 2.35. The van der Waals surface area contributed by atoms with Gasteiger partial charge < -0.3 is 15.2 Å². The minimum atomic E-state index is -1.24. The second-order valence-electron chi connectivity index (χ2n) is 5.10. The molecule has 2 aromatic rings. The van der Waals surface area contributed by atoms with E-state index in [0.29, 0.717) is 32.4 Å². The molecule has 0 aliphatic rings. The Morgan fingerprint density at radius 2 is 1.77 bits per heavy atom. The molecule has 2 aromatic carbocycles. The number of amides is 1. The number of halogens is 2. The molecule has 1 amide bonds. The van der Waals surface area contributed by atoms with E-state index in [4.69, 9.17) is 4.74 Å². The summed E-state index contributed by atoms with van der Waals surface area (Å²) in [4.78, 5) is 23.7. The number of hydrogen-bond donors (Lipinski definition) is 2. The van der Waals surface area contributed by atoms with Gasteiger partial charge in [0.15, 0.2) is 0 Å². The first kappa shape index (κ1) is 19.9. The van der Waals surface area contributed by atoms with Crippen LogP contribution in [0.3, 0.4) is 0 Å². The van der Waals surface area contributed by atoms with Gasteiger partial charge in [-0.1, -0.05) is 30.9 Å². The molecule has 0 unspecified atom stereocenters. The van der Waals surface area contributed by atoms with Gasteiger partial charge in [0.2, 0.25) is 0 Å². The summed E-state index contributed by atoms with van der Waals surface area (Å²) in [7, 11) is 0. The zero-order valence-corrected chi connectivity index (χ0v) is 16.7. The van der Waals surface area contributed by atoms with E-state index in [9.17, 15) is 14.7 Å². The molecule has 0 aliphatic heterocycles. The van der Waals surface area contributed by atoms with E-state index in [2.05, 4.69) is 43.8 Å². The minimum Gasteiger partial charge on any atom is -0.487 e. The summed E-state index contributed by atoms with van der Waals surface area (Å²) in [5, 5.41) is 11.8. The highest BCUT2D eigenvalue weighted by molar-refractivity contribution is 9.11. The fourth-order valence-corrected chi connectivity index (χ4v) is 3.50. The Morgan fingerprint density at radius 3 is 2.31 bits per heavy atom. The fraction of sp³-hybridized carbons (Fsp3) is 0.0526. The first-order valence-corrected chi connectivity index (χ1v) is 9.05. The molecule has 0 aromatic heterocycles. The molecule has 0 spiro atoms. The van der Waals surface area contributed by atoms with Gasteiger partial charge >= 0.3 is 5.97 Å². The molecule has 0 heterocycles. The number of carboxylic acid groups (broad SMARTS) is 1. The van der Waals surface area contributed by atoms with Crippen molar-refractivity contribution in [1.82, 2.24) is 5.32 Å². The van der Waals surface area contributed by atoms with Crippen LogP contribution in [0.25, 0.3) is 6.08 Å². The smallest absolute Gasteiger partial charge is 0.352 e. The third-order valence-corrected chi connectivity index (χ3v) is 4.37. The monoisotopic (exact) mass is 479 g/mol. The number of carbonyl (C=O) groups is 2. The average Bonchev–Trinajstić information content (AvgIpc) is 2.61. The van der Waals surface area contributed by atoms with Crippen molar-refractivity contribution in [3.05, 3.63) is 80.9 Å². The minimum absolute atomic E-state index is 0.239. The lowest BCUT2D eigenvalue weighted by molar-refractivity contribution is -0.132. The maximum atomic E-state index is 12.2. The van der Waals surface area contributed by atoms with Crippen molar-refractivity contribution in [3.8, 4) is 5.75 Å². The molecule has 0 saturated heterocycles. The number of nitrogens with one attached hydrogen (secondary N) is 1. The molecule has 0 atom stereocenters. The number of rotatable bonds is 7. The van der Waals surface area contributed by atoms with Gasteiger partial charge in [-0.25, -0.2) is 4.79 Å². The molecule has 2 N–H and O–H groups in total. The SMILES string of the molecule is C=CCOc1c(Br)cc(/C=C(/NC(=O)c2ccccc2)C(=O)O)cc1Br. The second-order valence-corrected chi connectivity index (χ2v) is 6.81. The molecule has 0 radical (unpaired) electrons. The summed E-state index contributed by atoms with van der Waals surface area (Å²) < 4.78 is 6.80. The lowest BCUT2D eigenvalue weighted by Gasteiger charge is -2.11. The standard InChI is InChI=1S/C19H15Br2NO4/c1-2-8-26-17-14(20)9-12(10-15(17)21)11-16(19(24)25)22-18(23)13-6-4-3-5-7-13/h2-7,9-11H,1,8H2,(H,22,23)(H,24,25)/b16-11+.